The fourth-order valence-corrected chi connectivity index (χ4v) is 4.34. The van der Waals surface area contributed by atoms with Crippen LogP contribution in [-0.2, 0) is 16.4 Å². The van der Waals surface area contributed by atoms with E-state index in [-0.39, 0.29) is 16.6 Å². The molecular weight excluding hydrogens is 334 g/mol. The largest absolute Gasteiger partial charge is 0.381 e. The van der Waals surface area contributed by atoms with Crippen molar-refractivity contribution in [3.05, 3.63) is 21.0 Å². The molecule has 1 aliphatic rings. The maximum atomic E-state index is 11.8. The third-order valence-corrected chi connectivity index (χ3v) is 6.31. The third kappa shape index (κ3) is 3.00. The Morgan fingerprint density at radius 2 is 2.32 bits per heavy atom. The zero-order valence-electron chi connectivity index (χ0n) is 10.6. The maximum absolute atomic E-state index is 11.8. The Hall–Kier alpha value is -0.890. The van der Waals surface area contributed by atoms with Gasteiger partial charge in [-0.25, -0.2) is 13.1 Å². The minimum absolute atomic E-state index is 0.221. The highest BCUT2D eigenvalue weighted by Gasteiger charge is 2.31. The van der Waals surface area contributed by atoms with Gasteiger partial charge in [0.25, 0.3) is 5.56 Å². The van der Waals surface area contributed by atoms with Crippen molar-refractivity contribution in [3.8, 4) is 0 Å². The molecule has 1 atom stereocenters. The highest BCUT2D eigenvalue weighted by Crippen LogP contribution is 2.22. The van der Waals surface area contributed by atoms with E-state index in [1.54, 1.807) is 0 Å². The van der Waals surface area contributed by atoms with Crippen LogP contribution in [0.3, 0.4) is 0 Å². The molecule has 0 saturated carbocycles. The number of anilines is 1. The molecule has 0 spiro atoms. The zero-order valence-corrected chi connectivity index (χ0v) is 13.0. The monoisotopic (exact) mass is 349 g/mol. The number of halogens is 1. The Morgan fingerprint density at radius 1 is 1.58 bits per heavy atom. The fraction of sp³-hybridized carbons (Fsp3) is 0.636. The van der Waals surface area contributed by atoms with Gasteiger partial charge in [-0.05, 0) is 35.7 Å². The topological polar surface area (TPSA) is 81.1 Å². The minimum atomic E-state index is -2.97. The lowest BCUT2D eigenvalue weighted by molar-refractivity contribution is 0.591. The van der Waals surface area contributed by atoms with Crippen LogP contribution in [0.5, 0.6) is 0 Å². The van der Waals surface area contributed by atoms with E-state index in [9.17, 15) is 13.2 Å². The summed E-state index contributed by atoms with van der Waals surface area (Å²) < 4.78 is 25.1. The van der Waals surface area contributed by atoms with Crippen LogP contribution in [-0.4, -0.2) is 35.7 Å². The predicted molar refractivity (Wildman–Crippen MR) is 77.2 cm³/mol. The highest BCUT2D eigenvalue weighted by atomic mass is 79.9. The van der Waals surface area contributed by atoms with Crippen molar-refractivity contribution in [3.63, 3.8) is 0 Å². The molecule has 1 unspecified atom stereocenters. The van der Waals surface area contributed by atoms with Crippen molar-refractivity contribution in [2.45, 2.75) is 31.6 Å². The zero-order chi connectivity index (χ0) is 14.0. The second-order valence-electron chi connectivity index (χ2n) is 4.51. The highest BCUT2D eigenvalue weighted by molar-refractivity contribution is 9.10. The lowest BCUT2D eigenvalue weighted by Crippen LogP contribution is -2.28. The van der Waals surface area contributed by atoms with Crippen LogP contribution in [0.15, 0.2) is 15.5 Å². The predicted octanol–water partition coefficient (Wildman–Crippen LogP) is 1.01. The van der Waals surface area contributed by atoms with Crippen LogP contribution in [0.25, 0.3) is 0 Å². The molecule has 2 rings (SSSR count). The van der Waals surface area contributed by atoms with Gasteiger partial charge in [0.05, 0.1) is 22.9 Å². The Kier molecular flexibility index (Phi) is 4.29. The fourth-order valence-electron chi connectivity index (χ4n) is 2.12. The van der Waals surface area contributed by atoms with E-state index in [2.05, 4.69) is 26.3 Å². The van der Waals surface area contributed by atoms with Crippen molar-refractivity contribution in [2.75, 3.05) is 17.6 Å². The van der Waals surface area contributed by atoms with Crippen molar-refractivity contribution in [1.29, 1.82) is 0 Å². The second kappa shape index (κ2) is 5.62. The molecule has 1 aromatic rings. The average Bonchev–Trinajstić information content (AvgIpc) is 2.70. The number of hydrogen-bond donors (Lipinski definition) is 1. The molecule has 1 N–H and O–H groups in total. The smallest absolute Gasteiger partial charge is 0.283 e. The minimum Gasteiger partial charge on any atom is -0.381 e. The van der Waals surface area contributed by atoms with Crippen molar-refractivity contribution < 1.29 is 8.42 Å². The van der Waals surface area contributed by atoms with Gasteiger partial charge in [-0.3, -0.25) is 4.79 Å². The number of nitrogens with one attached hydrogen (secondary N) is 1. The molecule has 0 bridgehead atoms. The summed E-state index contributed by atoms with van der Waals surface area (Å²) in [6.07, 6.45) is 2.93. The van der Waals surface area contributed by atoms with E-state index in [1.165, 1.54) is 10.9 Å². The summed E-state index contributed by atoms with van der Waals surface area (Å²) in [6, 6.07) is 0. The maximum Gasteiger partial charge on any atom is 0.283 e. The van der Waals surface area contributed by atoms with Crippen LogP contribution in [0.2, 0.25) is 0 Å². The van der Waals surface area contributed by atoms with Gasteiger partial charge in [0.1, 0.15) is 4.47 Å². The molecular formula is C11H16BrN3O3S. The number of rotatable bonds is 4. The molecule has 6 nitrogen and oxygen atoms in total. The van der Waals surface area contributed by atoms with Gasteiger partial charge in [0, 0.05) is 13.1 Å². The number of aryl methyl sites for hydroxylation is 1. The molecule has 2 heterocycles. The molecule has 1 aliphatic heterocycles. The molecule has 0 aliphatic carbocycles. The van der Waals surface area contributed by atoms with Crippen LogP contribution in [0.4, 0.5) is 5.69 Å². The summed E-state index contributed by atoms with van der Waals surface area (Å²) in [7, 11) is -2.97. The van der Waals surface area contributed by atoms with Gasteiger partial charge >= 0.3 is 0 Å². The number of aromatic nitrogens is 2. The summed E-state index contributed by atoms with van der Waals surface area (Å²) in [5, 5.41) is 6.63. The summed E-state index contributed by atoms with van der Waals surface area (Å²) in [6.45, 7) is 2.64. The molecule has 1 fully saturated rings. The summed E-state index contributed by atoms with van der Waals surface area (Å²) in [5.41, 5.74) is 0.318. The van der Waals surface area contributed by atoms with Gasteiger partial charge in [0.15, 0.2) is 9.84 Å². The molecule has 0 amide bonds. The quantitative estimate of drug-likeness (QED) is 0.877. The summed E-state index contributed by atoms with van der Waals surface area (Å²) in [5.74, 6) is 0.260. The first kappa shape index (κ1) is 14.5. The lowest BCUT2D eigenvalue weighted by atomic mass is 10.2. The van der Waals surface area contributed by atoms with E-state index < -0.39 is 9.84 Å². The molecule has 0 aromatic carbocycles. The number of nitrogens with zero attached hydrogens (tertiary/aromatic N) is 2. The van der Waals surface area contributed by atoms with Gasteiger partial charge in [0.2, 0.25) is 0 Å². The third-order valence-electron chi connectivity index (χ3n) is 3.27. The standard InChI is InChI=1S/C11H16BrN3O3S/c1-2-15-11(16)10(12)9(7-14-15)13-6-8-4-3-5-19(8,17)18/h7-8,13H,2-6H2,1H3. The van der Waals surface area contributed by atoms with Gasteiger partial charge in [-0.1, -0.05) is 0 Å². The van der Waals surface area contributed by atoms with Crippen molar-refractivity contribution >= 4 is 31.5 Å². The van der Waals surface area contributed by atoms with E-state index in [1.807, 2.05) is 6.92 Å². The first-order chi connectivity index (χ1) is 8.95. The lowest BCUT2D eigenvalue weighted by Gasteiger charge is -2.13. The normalized spacial score (nSPS) is 21.5. The average molecular weight is 350 g/mol. The SMILES string of the molecule is CCn1ncc(NCC2CCCS2(=O)=O)c(Br)c1=O. The molecule has 106 valence electrons. The van der Waals surface area contributed by atoms with E-state index in [0.29, 0.717) is 36.1 Å². The van der Waals surface area contributed by atoms with Gasteiger partial charge in [-0.15, -0.1) is 0 Å². The van der Waals surface area contributed by atoms with Crippen LogP contribution in [0.1, 0.15) is 19.8 Å². The first-order valence-electron chi connectivity index (χ1n) is 6.16. The first-order valence-corrected chi connectivity index (χ1v) is 8.67. The number of hydrogen-bond acceptors (Lipinski definition) is 5. The Bertz CT molecular complexity index is 627. The van der Waals surface area contributed by atoms with Crippen LogP contribution >= 0.6 is 15.9 Å². The molecule has 1 aromatic heterocycles. The van der Waals surface area contributed by atoms with E-state index >= 15 is 0 Å². The van der Waals surface area contributed by atoms with E-state index in [4.69, 9.17) is 0 Å². The molecule has 8 heteroatoms. The molecule has 0 radical (unpaired) electrons. The molecule has 1 saturated heterocycles. The molecule has 19 heavy (non-hydrogen) atoms. The number of sulfone groups is 1. The second-order valence-corrected chi connectivity index (χ2v) is 7.70. The van der Waals surface area contributed by atoms with Crippen LogP contribution < -0.4 is 10.9 Å². The van der Waals surface area contributed by atoms with Gasteiger partial charge in [-0.2, -0.15) is 5.10 Å². The summed E-state index contributed by atoms with van der Waals surface area (Å²) in [4.78, 5) is 11.8. The van der Waals surface area contributed by atoms with E-state index in [0.717, 1.165) is 0 Å². The Morgan fingerprint density at radius 3 is 2.89 bits per heavy atom. The Labute approximate surface area is 120 Å². The van der Waals surface area contributed by atoms with Crippen LogP contribution in [0, 0.1) is 0 Å². The summed E-state index contributed by atoms with van der Waals surface area (Å²) >= 11 is 3.22. The Balaban J connectivity index is 2.13. The van der Waals surface area contributed by atoms with Gasteiger partial charge < -0.3 is 5.32 Å². The van der Waals surface area contributed by atoms with Crippen molar-refractivity contribution in [2.24, 2.45) is 0 Å². The van der Waals surface area contributed by atoms with Crippen molar-refractivity contribution in [1.82, 2.24) is 9.78 Å².